The van der Waals surface area contributed by atoms with Gasteiger partial charge in [-0.25, -0.2) is 0 Å². The van der Waals surface area contributed by atoms with Crippen LogP contribution in [-0.2, 0) is 9.59 Å². The fourth-order valence-corrected chi connectivity index (χ4v) is 4.41. The largest absolute Gasteiger partial charge is 0.330 e. The molecule has 1 saturated heterocycles. The maximum absolute atomic E-state index is 12.8. The van der Waals surface area contributed by atoms with Crippen molar-refractivity contribution in [1.82, 2.24) is 4.90 Å². The van der Waals surface area contributed by atoms with Crippen LogP contribution in [0.15, 0.2) is 0 Å². The van der Waals surface area contributed by atoms with E-state index in [1.54, 1.807) is 4.90 Å². The third-order valence-corrected chi connectivity index (χ3v) is 5.49. The van der Waals surface area contributed by atoms with E-state index in [9.17, 15) is 9.59 Å². The first-order chi connectivity index (χ1) is 9.18. The highest BCUT2D eigenvalue weighted by molar-refractivity contribution is 6.06. The Labute approximate surface area is 114 Å². The molecule has 19 heavy (non-hydrogen) atoms. The molecule has 0 bridgehead atoms. The van der Waals surface area contributed by atoms with E-state index in [-0.39, 0.29) is 23.3 Å². The first kappa shape index (κ1) is 13.1. The SMILES string of the molecule is NCC1CCCC1N1C(=O)CC2(CCCCC2)C1=O. The Bertz CT molecular complexity index is 388. The van der Waals surface area contributed by atoms with Gasteiger partial charge in [0.05, 0.1) is 5.41 Å². The van der Waals surface area contributed by atoms with Crippen molar-refractivity contribution < 1.29 is 9.59 Å². The van der Waals surface area contributed by atoms with Crippen molar-refractivity contribution in [1.29, 1.82) is 0 Å². The lowest BCUT2D eigenvalue weighted by atomic mass is 9.73. The molecule has 0 aromatic carbocycles. The second kappa shape index (κ2) is 4.89. The molecule has 2 saturated carbocycles. The number of amides is 2. The third-order valence-electron chi connectivity index (χ3n) is 5.49. The minimum atomic E-state index is -0.336. The summed E-state index contributed by atoms with van der Waals surface area (Å²) in [4.78, 5) is 26.8. The number of nitrogens with zero attached hydrogens (tertiary/aromatic N) is 1. The molecule has 2 amide bonds. The summed E-state index contributed by atoms with van der Waals surface area (Å²) >= 11 is 0. The minimum absolute atomic E-state index is 0.0669. The second-order valence-corrected chi connectivity index (χ2v) is 6.58. The monoisotopic (exact) mass is 264 g/mol. The molecule has 2 atom stereocenters. The number of imide groups is 1. The molecule has 1 heterocycles. The van der Waals surface area contributed by atoms with Crippen LogP contribution in [0, 0.1) is 11.3 Å². The molecular weight excluding hydrogens is 240 g/mol. The van der Waals surface area contributed by atoms with Crippen molar-refractivity contribution in [3.8, 4) is 0 Å². The molecule has 106 valence electrons. The fourth-order valence-electron chi connectivity index (χ4n) is 4.41. The molecular formula is C15H24N2O2. The zero-order valence-corrected chi connectivity index (χ0v) is 11.6. The summed E-state index contributed by atoms with van der Waals surface area (Å²) in [5.74, 6) is 0.520. The number of hydrogen-bond acceptors (Lipinski definition) is 3. The predicted molar refractivity (Wildman–Crippen MR) is 72.2 cm³/mol. The van der Waals surface area contributed by atoms with E-state index in [4.69, 9.17) is 5.73 Å². The summed E-state index contributed by atoms with van der Waals surface area (Å²) in [6.07, 6.45) is 8.78. The van der Waals surface area contributed by atoms with Gasteiger partial charge in [-0.15, -0.1) is 0 Å². The van der Waals surface area contributed by atoms with Crippen molar-refractivity contribution in [2.24, 2.45) is 17.1 Å². The molecule has 3 aliphatic rings. The van der Waals surface area contributed by atoms with Crippen molar-refractivity contribution >= 4 is 11.8 Å². The van der Waals surface area contributed by atoms with E-state index in [2.05, 4.69) is 0 Å². The summed E-state index contributed by atoms with van der Waals surface area (Å²) in [7, 11) is 0. The smallest absolute Gasteiger partial charge is 0.236 e. The van der Waals surface area contributed by atoms with E-state index in [1.807, 2.05) is 0 Å². The summed E-state index contributed by atoms with van der Waals surface area (Å²) in [6.45, 7) is 0.592. The Balaban J connectivity index is 1.83. The first-order valence-electron chi connectivity index (χ1n) is 7.74. The molecule has 4 heteroatoms. The standard InChI is InChI=1S/C15H24N2O2/c16-10-11-5-4-6-12(11)17-13(18)9-15(14(17)19)7-2-1-3-8-15/h11-12H,1-10,16H2. The lowest BCUT2D eigenvalue weighted by Crippen LogP contribution is -2.46. The number of hydrogen-bond donors (Lipinski definition) is 1. The van der Waals surface area contributed by atoms with E-state index >= 15 is 0 Å². The third kappa shape index (κ3) is 2.00. The fraction of sp³-hybridized carbons (Fsp3) is 0.867. The highest BCUT2D eigenvalue weighted by Crippen LogP contribution is 2.47. The molecule has 2 aliphatic carbocycles. The summed E-state index contributed by atoms with van der Waals surface area (Å²) in [5, 5.41) is 0. The van der Waals surface area contributed by atoms with Gasteiger partial charge < -0.3 is 5.73 Å². The number of likely N-dealkylation sites (tertiary alicyclic amines) is 1. The first-order valence-corrected chi connectivity index (χ1v) is 7.74. The minimum Gasteiger partial charge on any atom is -0.330 e. The molecule has 2 N–H and O–H groups in total. The van der Waals surface area contributed by atoms with E-state index in [0.29, 0.717) is 18.9 Å². The van der Waals surface area contributed by atoms with E-state index in [1.165, 1.54) is 6.42 Å². The highest BCUT2D eigenvalue weighted by Gasteiger charge is 2.54. The van der Waals surface area contributed by atoms with Gasteiger partial charge in [0.1, 0.15) is 0 Å². The highest BCUT2D eigenvalue weighted by atomic mass is 16.2. The summed E-state index contributed by atoms with van der Waals surface area (Å²) < 4.78 is 0. The van der Waals surface area contributed by atoms with Gasteiger partial charge in [0.15, 0.2) is 0 Å². The second-order valence-electron chi connectivity index (χ2n) is 6.58. The molecule has 3 rings (SSSR count). The molecule has 0 aromatic heterocycles. The molecule has 3 fully saturated rings. The molecule has 4 nitrogen and oxygen atoms in total. The van der Waals surface area contributed by atoms with Gasteiger partial charge in [0.2, 0.25) is 11.8 Å². The van der Waals surface area contributed by atoms with Crippen LogP contribution < -0.4 is 5.73 Å². The number of rotatable bonds is 2. The van der Waals surface area contributed by atoms with Gasteiger partial charge in [-0.2, -0.15) is 0 Å². The van der Waals surface area contributed by atoms with Crippen LogP contribution in [-0.4, -0.2) is 29.3 Å². The number of carbonyl (C=O) groups excluding carboxylic acids is 2. The van der Waals surface area contributed by atoms with Crippen molar-refractivity contribution in [2.45, 2.75) is 63.8 Å². The van der Waals surface area contributed by atoms with Crippen LogP contribution >= 0.6 is 0 Å². The molecule has 2 unspecified atom stereocenters. The van der Waals surface area contributed by atoms with Gasteiger partial charge in [0.25, 0.3) is 0 Å². The normalized spacial score (nSPS) is 34.5. The zero-order chi connectivity index (χ0) is 13.5. The quantitative estimate of drug-likeness (QED) is 0.774. The Morgan fingerprint density at radius 1 is 1.11 bits per heavy atom. The molecule has 1 spiro atoms. The Kier molecular flexibility index (Phi) is 3.37. The Morgan fingerprint density at radius 2 is 1.84 bits per heavy atom. The van der Waals surface area contributed by atoms with E-state index in [0.717, 1.165) is 44.9 Å². The van der Waals surface area contributed by atoms with Gasteiger partial charge in [-0.05, 0) is 38.1 Å². The van der Waals surface area contributed by atoms with Crippen LogP contribution in [0.25, 0.3) is 0 Å². The van der Waals surface area contributed by atoms with Crippen molar-refractivity contribution in [2.75, 3.05) is 6.54 Å². The van der Waals surface area contributed by atoms with Crippen molar-refractivity contribution in [3.63, 3.8) is 0 Å². The number of nitrogens with two attached hydrogens (primary N) is 1. The van der Waals surface area contributed by atoms with Gasteiger partial charge >= 0.3 is 0 Å². The van der Waals surface area contributed by atoms with Crippen LogP contribution in [0.5, 0.6) is 0 Å². The predicted octanol–water partition coefficient (Wildman–Crippen LogP) is 1.82. The average Bonchev–Trinajstić information content (AvgIpc) is 2.95. The average molecular weight is 264 g/mol. The molecule has 0 aromatic rings. The van der Waals surface area contributed by atoms with Crippen LogP contribution in [0.3, 0.4) is 0 Å². The zero-order valence-electron chi connectivity index (χ0n) is 11.6. The molecule has 0 radical (unpaired) electrons. The summed E-state index contributed by atoms with van der Waals surface area (Å²) in [5.41, 5.74) is 5.47. The van der Waals surface area contributed by atoms with Crippen LogP contribution in [0.1, 0.15) is 57.8 Å². The Hall–Kier alpha value is -0.900. The lowest BCUT2D eigenvalue weighted by molar-refractivity contribution is -0.145. The van der Waals surface area contributed by atoms with Crippen molar-refractivity contribution in [3.05, 3.63) is 0 Å². The molecule has 1 aliphatic heterocycles. The maximum Gasteiger partial charge on any atom is 0.236 e. The van der Waals surface area contributed by atoms with Crippen LogP contribution in [0.2, 0.25) is 0 Å². The number of carbonyl (C=O) groups is 2. The topological polar surface area (TPSA) is 63.4 Å². The lowest BCUT2D eigenvalue weighted by Gasteiger charge is -2.33. The van der Waals surface area contributed by atoms with Gasteiger partial charge in [-0.3, -0.25) is 14.5 Å². The van der Waals surface area contributed by atoms with Crippen LogP contribution in [0.4, 0.5) is 0 Å². The van der Waals surface area contributed by atoms with E-state index < -0.39 is 0 Å². The Morgan fingerprint density at radius 3 is 2.53 bits per heavy atom. The van der Waals surface area contributed by atoms with Gasteiger partial charge in [0, 0.05) is 12.5 Å². The van der Waals surface area contributed by atoms with Gasteiger partial charge in [-0.1, -0.05) is 25.7 Å². The summed E-state index contributed by atoms with van der Waals surface area (Å²) in [6, 6.07) is 0.0892. The maximum atomic E-state index is 12.8.